The van der Waals surface area contributed by atoms with Crippen LogP contribution in [0.1, 0.15) is 24.8 Å². The highest BCUT2D eigenvalue weighted by atomic mass is 33.1. The van der Waals surface area contributed by atoms with E-state index in [0.717, 1.165) is 6.07 Å². The molecule has 2 amide bonds. The lowest BCUT2D eigenvalue weighted by molar-refractivity contribution is -0.385. The first kappa shape index (κ1) is 27.5. The second-order valence-electron chi connectivity index (χ2n) is 6.52. The van der Waals surface area contributed by atoms with E-state index in [4.69, 9.17) is 14.4 Å². The van der Waals surface area contributed by atoms with Crippen LogP contribution in [-0.2, 0) is 40.7 Å². The third-order valence-corrected chi connectivity index (χ3v) is 7.63. The number of esters is 1. The number of rotatable bonds is 12. The average molecular weight is 539 g/mol. The van der Waals surface area contributed by atoms with E-state index in [0.29, 0.717) is 0 Å². The number of imide groups is 1. The van der Waals surface area contributed by atoms with Gasteiger partial charge in [0.15, 0.2) is 5.25 Å². The van der Waals surface area contributed by atoms with Crippen LogP contribution in [0.3, 0.4) is 0 Å². The molecule has 2 N–H and O–H groups in total. The number of nitro benzene ring substituents is 1. The predicted molar refractivity (Wildman–Crippen MR) is 117 cm³/mol. The van der Waals surface area contributed by atoms with Crippen molar-refractivity contribution in [2.45, 2.75) is 31.1 Å². The molecule has 1 aromatic carbocycles. The molecule has 1 aliphatic rings. The van der Waals surface area contributed by atoms with Crippen LogP contribution in [0.15, 0.2) is 18.2 Å². The molecule has 1 heterocycles. The van der Waals surface area contributed by atoms with Crippen molar-refractivity contribution < 1.29 is 51.8 Å². The van der Waals surface area contributed by atoms with Gasteiger partial charge in [0, 0.05) is 11.5 Å². The molecule has 0 radical (unpaired) electrons. The molecule has 34 heavy (non-hydrogen) atoms. The molecule has 1 aliphatic heterocycles. The topological polar surface area (TPSA) is 208 Å². The van der Waals surface area contributed by atoms with Crippen LogP contribution in [0, 0.1) is 10.1 Å². The number of amides is 2. The Balaban J connectivity index is 1.67. The predicted octanol–water partition coefficient (Wildman–Crippen LogP) is 0.628. The second kappa shape index (κ2) is 12.1. The molecule has 1 saturated heterocycles. The van der Waals surface area contributed by atoms with Crippen LogP contribution in [0.4, 0.5) is 5.69 Å². The summed E-state index contributed by atoms with van der Waals surface area (Å²) >= 11 is 0. The Hall–Kier alpha value is -2.73. The maximum atomic E-state index is 11.9. The molecule has 2 rings (SSSR count). The summed E-state index contributed by atoms with van der Waals surface area (Å²) < 4.78 is 36.0. The van der Waals surface area contributed by atoms with Crippen LogP contribution >= 0.6 is 21.6 Å². The Morgan fingerprint density at radius 2 is 1.79 bits per heavy atom. The Bertz CT molecular complexity index is 1090. The van der Waals surface area contributed by atoms with Crippen molar-refractivity contribution in [1.82, 2.24) is 5.06 Å². The number of aliphatic hydroxyl groups excluding tert-OH is 1. The number of carbonyl (C=O) groups excluding carboxylic acids is 4. The number of nitro groups is 1. The van der Waals surface area contributed by atoms with Gasteiger partial charge in [-0.05, 0) is 12.1 Å². The van der Waals surface area contributed by atoms with E-state index in [2.05, 4.69) is 4.84 Å². The summed E-state index contributed by atoms with van der Waals surface area (Å²) in [6.45, 7) is -0.540. The quantitative estimate of drug-likeness (QED) is 0.0547. The van der Waals surface area contributed by atoms with Gasteiger partial charge < -0.3 is 14.7 Å². The first-order valence-electron chi connectivity index (χ1n) is 9.31. The lowest BCUT2D eigenvalue weighted by Crippen LogP contribution is -2.36. The number of benzene rings is 1. The van der Waals surface area contributed by atoms with E-state index >= 15 is 0 Å². The first-order valence-corrected chi connectivity index (χ1v) is 13.3. The summed E-state index contributed by atoms with van der Waals surface area (Å²) in [5.74, 6) is -3.65. The van der Waals surface area contributed by atoms with E-state index in [1.165, 1.54) is 33.7 Å². The first-order chi connectivity index (χ1) is 15.9. The number of ether oxygens (including phenoxy) is 1. The fraction of sp³-hybridized carbons (Fsp3) is 0.412. The lowest BCUT2D eigenvalue weighted by Gasteiger charge is -2.13. The number of hydroxylamine groups is 2. The van der Waals surface area contributed by atoms with Crippen LogP contribution in [-0.4, -0.2) is 68.6 Å². The number of hydrogen-bond acceptors (Lipinski definition) is 13. The van der Waals surface area contributed by atoms with Crippen molar-refractivity contribution in [3.63, 3.8) is 0 Å². The van der Waals surface area contributed by atoms with Crippen LogP contribution in [0.25, 0.3) is 0 Å². The minimum absolute atomic E-state index is 0.0199. The van der Waals surface area contributed by atoms with Gasteiger partial charge in [0.05, 0.1) is 42.4 Å². The lowest BCUT2D eigenvalue weighted by atomic mass is 10.2. The molecule has 186 valence electrons. The summed E-state index contributed by atoms with van der Waals surface area (Å²) in [4.78, 5) is 61.9. The van der Waals surface area contributed by atoms with Gasteiger partial charge in [-0.1, -0.05) is 21.6 Å². The molecule has 1 aromatic rings. The molecular weight excluding hydrogens is 520 g/mol. The van der Waals surface area contributed by atoms with Gasteiger partial charge in [-0.2, -0.15) is 8.42 Å². The van der Waals surface area contributed by atoms with Crippen molar-refractivity contribution in [2.24, 2.45) is 0 Å². The summed E-state index contributed by atoms with van der Waals surface area (Å²) in [5, 5.41) is 18.1. The minimum atomic E-state index is -4.81. The largest absolute Gasteiger partial charge is 0.426 e. The monoisotopic (exact) mass is 538 g/mol. The molecule has 14 nitrogen and oxygen atoms in total. The summed E-state index contributed by atoms with van der Waals surface area (Å²) in [7, 11) is -2.43. The van der Waals surface area contributed by atoms with E-state index in [9.17, 15) is 37.7 Å². The second-order valence-corrected chi connectivity index (χ2v) is 10.8. The molecule has 0 spiro atoms. The van der Waals surface area contributed by atoms with Crippen molar-refractivity contribution in [1.29, 1.82) is 0 Å². The third-order valence-electron chi connectivity index (χ3n) is 4.13. The summed E-state index contributed by atoms with van der Waals surface area (Å²) in [6, 6.07) is 3.62. The van der Waals surface area contributed by atoms with Crippen LogP contribution in [0.2, 0.25) is 0 Å². The highest BCUT2D eigenvalue weighted by Gasteiger charge is 2.48. The maximum Gasteiger partial charge on any atom is 0.334 e. The van der Waals surface area contributed by atoms with Crippen LogP contribution in [0.5, 0.6) is 5.75 Å². The number of hydrogen-bond donors (Lipinski definition) is 2. The molecule has 1 fully saturated rings. The van der Waals surface area contributed by atoms with Crippen LogP contribution < -0.4 is 4.74 Å². The molecule has 17 heteroatoms. The van der Waals surface area contributed by atoms with Gasteiger partial charge in [0.1, 0.15) is 5.75 Å². The Morgan fingerprint density at radius 1 is 1.18 bits per heavy atom. The van der Waals surface area contributed by atoms with Crippen molar-refractivity contribution >= 4 is 61.1 Å². The fourth-order valence-electron chi connectivity index (χ4n) is 2.52. The molecular formula is C17H18N2O12S3. The van der Waals surface area contributed by atoms with E-state index in [1.807, 2.05) is 0 Å². The normalized spacial score (nSPS) is 15.9. The average Bonchev–Trinajstić information content (AvgIpc) is 3.04. The number of aliphatic hydroxyl groups is 1. The smallest absolute Gasteiger partial charge is 0.334 e. The molecule has 1 unspecified atom stereocenters. The number of nitrogens with zero attached hydrogens (tertiary/aromatic N) is 2. The van der Waals surface area contributed by atoms with Gasteiger partial charge in [-0.15, -0.1) is 5.06 Å². The van der Waals surface area contributed by atoms with Gasteiger partial charge in [-0.25, -0.2) is 4.79 Å². The highest BCUT2D eigenvalue weighted by molar-refractivity contribution is 8.76. The Kier molecular flexibility index (Phi) is 9.80. The van der Waals surface area contributed by atoms with E-state index in [1.54, 1.807) is 0 Å². The summed E-state index contributed by atoms with van der Waals surface area (Å²) in [5.41, 5.74) is -0.303. The van der Waals surface area contributed by atoms with Crippen molar-refractivity contribution in [2.75, 3.05) is 11.5 Å². The third kappa shape index (κ3) is 7.66. The zero-order chi connectivity index (χ0) is 25.5. The minimum Gasteiger partial charge on any atom is -0.426 e. The fourth-order valence-corrected chi connectivity index (χ4v) is 5.17. The SMILES string of the molecule is O=C(CCSSCCC(=O)ON1C(=O)CC(S(=O)(=O)O)C1=O)Oc1ccc(CO)c([N+](=O)[O-])c1. The Morgan fingerprint density at radius 3 is 2.32 bits per heavy atom. The molecule has 0 aromatic heterocycles. The van der Waals surface area contributed by atoms with Gasteiger partial charge in [0.2, 0.25) is 0 Å². The summed E-state index contributed by atoms with van der Waals surface area (Å²) in [6.07, 6.45) is -1.12. The standard InChI is InChI=1S/C17H18N2O12S3/c20-9-10-1-2-11(7-12(10)19(25)26)30-15(22)3-5-32-33-6-4-16(23)31-18-14(21)8-13(17(18)24)34(27,28)29/h1-2,7,13,20H,3-6,8-9H2,(H,27,28,29). The molecule has 0 saturated carbocycles. The zero-order valence-electron chi connectivity index (χ0n) is 17.1. The number of carbonyl (C=O) groups is 4. The van der Waals surface area contributed by atoms with Crippen molar-refractivity contribution in [3.05, 3.63) is 33.9 Å². The Labute approximate surface area is 200 Å². The van der Waals surface area contributed by atoms with E-state index < -0.39 is 57.1 Å². The van der Waals surface area contributed by atoms with E-state index in [-0.39, 0.29) is 46.4 Å². The van der Waals surface area contributed by atoms with Gasteiger partial charge >= 0.3 is 11.9 Å². The molecule has 1 atom stereocenters. The molecule has 0 bridgehead atoms. The van der Waals surface area contributed by atoms with Gasteiger partial charge in [-0.3, -0.25) is 29.1 Å². The molecule has 0 aliphatic carbocycles. The van der Waals surface area contributed by atoms with Gasteiger partial charge in [0.25, 0.3) is 27.6 Å². The highest BCUT2D eigenvalue weighted by Crippen LogP contribution is 2.27. The van der Waals surface area contributed by atoms with Crippen molar-refractivity contribution in [3.8, 4) is 5.75 Å². The zero-order valence-corrected chi connectivity index (χ0v) is 19.6. The maximum absolute atomic E-state index is 11.9.